The van der Waals surface area contributed by atoms with Crippen LogP contribution in [0.1, 0.15) is 0 Å². The van der Waals surface area contributed by atoms with Crippen molar-refractivity contribution in [2.75, 3.05) is 70.5 Å². The first-order chi connectivity index (χ1) is 18.5. The Morgan fingerprint density at radius 3 is 2.50 bits per heavy atom. The smallest absolute Gasteiger partial charge is 0.247 e. The number of anilines is 1. The molecule has 9 nitrogen and oxygen atoms in total. The first-order valence-corrected chi connectivity index (χ1v) is 14.3. The summed E-state index contributed by atoms with van der Waals surface area (Å²) >= 11 is 1.57. The molecule has 3 amide bonds. The second kappa shape index (κ2) is 10.5. The molecule has 1 N–H and O–H groups in total. The average molecular weight is 539 g/mol. The van der Waals surface area contributed by atoms with Crippen molar-refractivity contribution in [2.45, 2.75) is 16.0 Å². The van der Waals surface area contributed by atoms with Gasteiger partial charge in [-0.25, -0.2) is 0 Å². The molecular formula is C28H34N4O5S. The van der Waals surface area contributed by atoms with Crippen LogP contribution in [0.3, 0.4) is 0 Å². The number of nitrogens with zero attached hydrogens (tertiary/aromatic N) is 4. The number of benzene rings is 1. The van der Waals surface area contributed by atoms with Crippen LogP contribution in [0.15, 0.2) is 54.6 Å². The predicted molar refractivity (Wildman–Crippen MR) is 145 cm³/mol. The van der Waals surface area contributed by atoms with Crippen molar-refractivity contribution >= 4 is 35.2 Å². The van der Waals surface area contributed by atoms with E-state index in [2.05, 4.69) is 4.90 Å². The largest absolute Gasteiger partial charge is 0.395 e. The lowest BCUT2D eigenvalue weighted by Crippen LogP contribution is -2.54. The number of morpholine rings is 1. The molecule has 202 valence electrons. The third-order valence-electron chi connectivity index (χ3n) is 8.44. The van der Waals surface area contributed by atoms with Gasteiger partial charge in [0.15, 0.2) is 0 Å². The van der Waals surface area contributed by atoms with E-state index in [4.69, 9.17) is 4.74 Å². The van der Waals surface area contributed by atoms with Gasteiger partial charge in [0.05, 0.1) is 36.4 Å². The molecule has 3 saturated heterocycles. The first-order valence-electron chi connectivity index (χ1n) is 13.4. The van der Waals surface area contributed by atoms with Gasteiger partial charge >= 0.3 is 0 Å². The predicted octanol–water partition coefficient (Wildman–Crippen LogP) is 0.610. The Labute approximate surface area is 227 Å². The number of aliphatic hydroxyl groups is 1. The van der Waals surface area contributed by atoms with Crippen LogP contribution in [0.25, 0.3) is 0 Å². The summed E-state index contributed by atoms with van der Waals surface area (Å²) in [6.07, 6.45) is 8.07. The highest BCUT2D eigenvalue weighted by atomic mass is 32.2. The molecule has 1 spiro atoms. The van der Waals surface area contributed by atoms with Crippen molar-refractivity contribution in [2.24, 2.45) is 11.8 Å². The Morgan fingerprint density at radius 2 is 1.74 bits per heavy atom. The average Bonchev–Trinajstić information content (AvgIpc) is 3.24. The molecule has 1 unspecified atom stereocenters. The van der Waals surface area contributed by atoms with E-state index >= 15 is 0 Å². The minimum absolute atomic E-state index is 0.0724. The van der Waals surface area contributed by atoms with E-state index in [1.807, 2.05) is 59.5 Å². The van der Waals surface area contributed by atoms with Gasteiger partial charge in [-0.2, -0.15) is 0 Å². The van der Waals surface area contributed by atoms with Gasteiger partial charge in [-0.3, -0.25) is 19.3 Å². The van der Waals surface area contributed by atoms with Crippen LogP contribution in [0, 0.1) is 11.8 Å². The van der Waals surface area contributed by atoms with Crippen LogP contribution in [-0.4, -0.2) is 119 Å². The van der Waals surface area contributed by atoms with Gasteiger partial charge in [0.25, 0.3) is 0 Å². The molecule has 5 heterocycles. The van der Waals surface area contributed by atoms with Crippen molar-refractivity contribution in [3.05, 3.63) is 54.6 Å². The van der Waals surface area contributed by atoms with Crippen molar-refractivity contribution in [3.63, 3.8) is 0 Å². The van der Waals surface area contributed by atoms with Gasteiger partial charge in [0.1, 0.15) is 6.04 Å². The fraction of sp³-hybridized carbons (Fsp3) is 0.536. The van der Waals surface area contributed by atoms with Gasteiger partial charge in [0.2, 0.25) is 17.7 Å². The molecule has 0 aliphatic carbocycles. The molecule has 0 saturated carbocycles. The van der Waals surface area contributed by atoms with Crippen LogP contribution in [0.2, 0.25) is 0 Å². The zero-order valence-electron chi connectivity index (χ0n) is 21.4. The zero-order valence-corrected chi connectivity index (χ0v) is 22.2. The van der Waals surface area contributed by atoms with E-state index < -0.39 is 22.6 Å². The van der Waals surface area contributed by atoms with E-state index in [0.717, 1.165) is 25.3 Å². The molecule has 1 aromatic carbocycles. The van der Waals surface area contributed by atoms with E-state index in [1.165, 1.54) is 0 Å². The Bertz CT molecular complexity index is 1140. The van der Waals surface area contributed by atoms with Crippen LogP contribution in [0.4, 0.5) is 5.69 Å². The summed E-state index contributed by atoms with van der Waals surface area (Å²) in [6.45, 7) is 5.11. The monoisotopic (exact) mass is 538 g/mol. The van der Waals surface area contributed by atoms with E-state index in [1.54, 1.807) is 21.6 Å². The minimum Gasteiger partial charge on any atom is -0.395 e. The summed E-state index contributed by atoms with van der Waals surface area (Å²) < 4.78 is 4.59. The lowest BCUT2D eigenvalue weighted by atomic mass is 9.78. The Kier molecular flexibility index (Phi) is 7.07. The number of carbonyl (C=O) groups excluding carboxylic acids is 3. The zero-order chi connectivity index (χ0) is 26.3. The quantitative estimate of drug-likeness (QED) is 0.531. The molecule has 0 aromatic heterocycles. The highest BCUT2D eigenvalue weighted by Crippen LogP contribution is 2.61. The number of fused-ring (bicyclic) bond motifs is 2. The minimum atomic E-state index is -0.855. The van der Waals surface area contributed by atoms with E-state index in [-0.39, 0.29) is 36.1 Å². The van der Waals surface area contributed by atoms with Crippen molar-refractivity contribution in [1.29, 1.82) is 0 Å². The Balaban J connectivity index is 1.32. The summed E-state index contributed by atoms with van der Waals surface area (Å²) in [5, 5.41) is 9.66. The maximum absolute atomic E-state index is 14.1. The lowest BCUT2D eigenvalue weighted by Gasteiger charge is -2.36. The fourth-order valence-electron chi connectivity index (χ4n) is 6.66. The van der Waals surface area contributed by atoms with Crippen LogP contribution < -0.4 is 4.90 Å². The van der Waals surface area contributed by atoms with Crippen LogP contribution in [-0.2, 0) is 19.1 Å². The van der Waals surface area contributed by atoms with E-state index in [0.29, 0.717) is 32.8 Å². The summed E-state index contributed by atoms with van der Waals surface area (Å²) in [5.74, 6) is -1.67. The molecule has 0 radical (unpaired) electrons. The standard InChI is InChI=1S/C28H34N4O5S/c33-17-14-32-24-27(36)30(13-12-29-15-18-37-19-16-29)10-5-9-28(24)23(26(32)35)22-21(38-28)8-4-11-31(25(22)34)20-6-2-1-3-7-20/h1-9,21-24,33H,10-19H2/t21-,22+,23-,24?,28-/m0/s1. The third kappa shape index (κ3) is 4.18. The SMILES string of the molecule is O=C1C2N(CCO)C(=O)[C@@H]3[C@@H]4C(=O)N(c5ccccc5)CC=C[C@@H]4S[C@]23C=CCN1CCN1CCOCC1. The number of ether oxygens (including phenoxy) is 1. The van der Waals surface area contributed by atoms with Gasteiger partial charge in [-0.1, -0.05) is 42.5 Å². The molecule has 0 bridgehead atoms. The van der Waals surface area contributed by atoms with Crippen LogP contribution in [0.5, 0.6) is 0 Å². The van der Waals surface area contributed by atoms with Crippen LogP contribution >= 0.6 is 11.8 Å². The Hall–Kier alpha value is -2.66. The second-order valence-electron chi connectivity index (χ2n) is 10.5. The maximum Gasteiger partial charge on any atom is 0.247 e. The number of thioether (sulfide) groups is 1. The van der Waals surface area contributed by atoms with Gasteiger partial charge in [-0.15, -0.1) is 11.8 Å². The molecule has 5 atom stereocenters. The van der Waals surface area contributed by atoms with E-state index in [9.17, 15) is 19.5 Å². The normalized spacial score (nSPS) is 33.3. The first kappa shape index (κ1) is 25.6. The number of likely N-dealkylation sites (tertiary alicyclic amines) is 1. The molecule has 6 rings (SSSR count). The molecule has 10 heteroatoms. The summed E-state index contributed by atoms with van der Waals surface area (Å²) in [4.78, 5) is 49.7. The number of para-hydroxylation sites is 1. The number of amides is 3. The Morgan fingerprint density at radius 1 is 0.947 bits per heavy atom. The lowest BCUT2D eigenvalue weighted by molar-refractivity contribution is -0.143. The maximum atomic E-state index is 14.1. The fourth-order valence-corrected chi connectivity index (χ4v) is 8.67. The highest BCUT2D eigenvalue weighted by molar-refractivity contribution is 8.02. The van der Waals surface area contributed by atoms with Gasteiger partial charge in [-0.05, 0) is 12.1 Å². The van der Waals surface area contributed by atoms with Gasteiger partial charge < -0.3 is 24.5 Å². The molecule has 1 aromatic rings. The molecule has 38 heavy (non-hydrogen) atoms. The molecular weight excluding hydrogens is 504 g/mol. The summed E-state index contributed by atoms with van der Waals surface area (Å²) in [7, 11) is 0. The molecule has 3 fully saturated rings. The number of hydrogen-bond acceptors (Lipinski definition) is 7. The number of carbonyl (C=O) groups is 3. The molecule has 5 aliphatic rings. The van der Waals surface area contributed by atoms with Crippen molar-refractivity contribution < 1.29 is 24.2 Å². The van der Waals surface area contributed by atoms with Crippen molar-refractivity contribution in [1.82, 2.24) is 14.7 Å². The van der Waals surface area contributed by atoms with Gasteiger partial charge in [0, 0.05) is 56.8 Å². The summed E-state index contributed by atoms with van der Waals surface area (Å²) in [5.41, 5.74) is 0.796. The topological polar surface area (TPSA) is 93.6 Å². The molecule has 5 aliphatic heterocycles. The number of rotatable bonds is 6. The van der Waals surface area contributed by atoms with Crippen molar-refractivity contribution in [3.8, 4) is 0 Å². The third-order valence-corrected chi connectivity index (χ3v) is 10.2. The second-order valence-corrected chi connectivity index (χ2v) is 11.9. The highest BCUT2D eigenvalue weighted by Gasteiger charge is 2.70. The number of hydrogen-bond donors (Lipinski definition) is 1. The number of β-amino-alcohol motifs (C(OH)–C–C–N with tert-alkyl or cyclic N) is 1. The number of aliphatic hydroxyl groups excluding tert-OH is 1. The summed E-state index contributed by atoms with van der Waals surface area (Å²) in [6, 6.07) is 8.77.